The summed E-state index contributed by atoms with van der Waals surface area (Å²) in [6.07, 6.45) is 2.76. The maximum absolute atomic E-state index is 10.8. The molecule has 3 nitrogen and oxygen atoms in total. The number of hydrogen-bond acceptors (Lipinski definition) is 2. The number of carbonyl (C=O) groups is 1. The number of aliphatic hydroxyl groups is 1. The smallest absolute Gasteiger partial charge is 0.304 e. The van der Waals surface area contributed by atoms with Crippen LogP contribution in [0.5, 0.6) is 0 Å². The van der Waals surface area contributed by atoms with Gasteiger partial charge >= 0.3 is 5.97 Å². The van der Waals surface area contributed by atoms with E-state index in [1.54, 1.807) is 13.8 Å². The molecule has 1 aromatic carbocycles. The first kappa shape index (κ1) is 13.1. The van der Waals surface area contributed by atoms with E-state index in [0.29, 0.717) is 6.42 Å². The van der Waals surface area contributed by atoms with Crippen molar-refractivity contribution in [2.75, 3.05) is 0 Å². The molecule has 98 valence electrons. The summed E-state index contributed by atoms with van der Waals surface area (Å²) in [7, 11) is 0. The third-order valence-corrected chi connectivity index (χ3v) is 3.55. The van der Waals surface area contributed by atoms with Crippen molar-refractivity contribution in [2.24, 2.45) is 0 Å². The Labute approximate surface area is 107 Å². The van der Waals surface area contributed by atoms with Gasteiger partial charge in [0.05, 0.1) is 12.0 Å². The van der Waals surface area contributed by atoms with E-state index in [-0.39, 0.29) is 11.8 Å². The molecule has 3 heteroatoms. The largest absolute Gasteiger partial charge is 0.481 e. The predicted molar refractivity (Wildman–Crippen MR) is 69.6 cm³/mol. The number of aliphatic carboxylic acids is 1. The molecule has 0 radical (unpaired) electrons. The SMILES string of the molecule is CC(C)(O)Cc1ccc(C2(CC(=O)O)CC2)cc1. The molecule has 0 heterocycles. The Morgan fingerprint density at radius 2 is 1.83 bits per heavy atom. The van der Waals surface area contributed by atoms with Crippen molar-refractivity contribution in [3.05, 3.63) is 35.4 Å². The van der Waals surface area contributed by atoms with Crippen LogP contribution in [0.15, 0.2) is 24.3 Å². The van der Waals surface area contributed by atoms with Gasteiger partial charge in [-0.15, -0.1) is 0 Å². The van der Waals surface area contributed by atoms with Crippen molar-refractivity contribution in [3.63, 3.8) is 0 Å². The number of rotatable bonds is 5. The van der Waals surface area contributed by atoms with Crippen LogP contribution in [0.4, 0.5) is 0 Å². The van der Waals surface area contributed by atoms with Crippen LogP contribution in [0.25, 0.3) is 0 Å². The van der Waals surface area contributed by atoms with Crippen molar-refractivity contribution in [2.45, 2.75) is 50.5 Å². The van der Waals surface area contributed by atoms with Crippen LogP contribution in [0, 0.1) is 0 Å². The van der Waals surface area contributed by atoms with E-state index in [0.717, 1.165) is 24.0 Å². The maximum atomic E-state index is 10.8. The first-order chi connectivity index (χ1) is 8.31. The standard InChI is InChI=1S/C15H20O3/c1-14(2,18)9-11-3-5-12(6-4-11)15(7-8-15)10-13(16)17/h3-6,18H,7-10H2,1-2H3,(H,16,17). The predicted octanol–water partition coefficient (Wildman–Crippen LogP) is 2.51. The van der Waals surface area contributed by atoms with Crippen molar-refractivity contribution < 1.29 is 15.0 Å². The fourth-order valence-corrected chi connectivity index (χ4v) is 2.48. The molecule has 0 unspecified atom stereocenters. The van der Waals surface area contributed by atoms with Gasteiger partial charge in [0.15, 0.2) is 0 Å². The number of carboxylic acids is 1. The van der Waals surface area contributed by atoms with E-state index in [9.17, 15) is 9.90 Å². The minimum absolute atomic E-state index is 0.126. The molecule has 1 aliphatic carbocycles. The van der Waals surface area contributed by atoms with Gasteiger partial charge in [-0.1, -0.05) is 24.3 Å². The van der Waals surface area contributed by atoms with Crippen LogP contribution in [-0.2, 0) is 16.6 Å². The fourth-order valence-electron chi connectivity index (χ4n) is 2.48. The van der Waals surface area contributed by atoms with E-state index in [1.165, 1.54) is 0 Å². The van der Waals surface area contributed by atoms with Gasteiger partial charge < -0.3 is 10.2 Å². The third-order valence-electron chi connectivity index (χ3n) is 3.55. The van der Waals surface area contributed by atoms with Gasteiger partial charge in [0.2, 0.25) is 0 Å². The minimum Gasteiger partial charge on any atom is -0.481 e. The van der Waals surface area contributed by atoms with Gasteiger partial charge in [0.1, 0.15) is 0 Å². The lowest BCUT2D eigenvalue weighted by Crippen LogP contribution is -2.21. The zero-order valence-electron chi connectivity index (χ0n) is 10.9. The molecule has 2 rings (SSSR count). The van der Waals surface area contributed by atoms with Gasteiger partial charge in [0, 0.05) is 11.8 Å². The molecule has 0 atom stereocenters. The summed E-state index contributed by atoms with van der Waals surface area (Å²) in [5.41, 5.74) is 1.36. The molecule has 0 bridgehead atoms. The highest BCUT2D eigenvalue weighted by Crippen LogP contribution is 2.51. The fraction of sp³-hybridized carbons (Fsp3) is 0.533. The average molecular weight is 248 g/mol. The average Bonchev–Trinajstić information content (AvgIpc) is 2.96. The van der Waals surface area contributed by atoms with E-state index in [4.69, 9.17) is 5.11 Å². The Morgan fingerprint density at radius 3 is 2.22 bits per heavy atom. The number of benzene rings is 1. The maximum Gasteiger partial charge on any atom is 0.304 e. The summed E-state index contributed by atoms with van der Waals surface area (Å²) in [4.78, 5) is 10.8. The van der Waals surface area contributed by atoms with E-state index < -0.39 is 11.6 Å². The topological polar surface area (TPSA) is 57.5 Å². The highest BCUT2D eigenvalue weighted by Gasteiger charge is 2.45. The normalized spacial score (nSPS) is 17.5. The van der Waals surface area contributed by atoms with Crippen molar-refractivity contribution in [1.82, 2.24) is 0 Å². The highest BCUT2D eigenvalue weighted by molar-refractivity contribution is 5.70. The molecular weight excluding hydrogens is 228 g/mol. The molecular formula is C15H20O3. The second kappa shape index (κ2) is 4.39. The first-order valence-corrected chi connectivity index (χ1v) is 6.34. The molecule has 0 aliphatic heterocycles. The van der Waals surface area contributed by atoms with Gasteiger partial charge in [-0.2, -0.15) is 0 Å². The zero-order valence-corrected chi connectivity index (χ0v) is 10.9. The van der Waals surface area contributed by atoms with E-state index in [1.807, 2.05) is 24.3 Å². The van der Waals surface area contributed by atoms with Crippen LogP contribution in [0.2, 0.25) is 0 Å². The minimum atomic E-state index is -0.729. The van der Waals surface area contributed by atoms with Gasteiger partial charge in [-0.25, -0.2) is 0 Å². The molecule has 1 fully saturated rings. The molecule has 2 N–H and O–H groups in total. The van der Waals surface area contributed by atoms with Gasteiger partial charge in [-0.05, 0) is 37.8 Å². The summed E-state index contributed by atoms with van der Waals surface area (Å²) in [6, 6.07) is 8.01. The second-order valence-corrected chi connectivity index (χ2v) is 6.04. The Hall–Kier alpha value is -1.35. The molecule has 0 amide bonds. The molecule has 1 aliphatic rings. The lowest BCUT2D eigenvalue weighted by Gasteiger charge is -2.18. The van der Waals surface area contributed by atoms with Crippen molar-refractivity contribution in [3.8, 4) is 0 Å². The van der Waals surface area contributed by atoms with E-state index >= 15 is 0 Å². The Kier molecular flexibility index (Phi) is 3.20. The molecule has 0 aromatic heterocycles. The van der Waals surface area contributed by atoms with Gasteiger partial charge in [0.25, 0.3) is 0 Å². The summed E-state index contributed by atoms with van der Waals surface area (Å²) < 4.78 is 0. The second-order valence-electron chi connectivity index (χ2n) is 6.04. The van der Waals surface area contributed by atoms with Gasteiger partial charge in [-0.3, -0.25) is 4.79 Å². The summed E-state index contributed by atoms with van der Waals surface area (Å²) in [5.74, 6) is -0.729. The number of carboxylic acid groups (broad SMARTS) is 1. The van der Waals surface area contributed by atoms with Crippen LogP contribution in [-0.4, -0.2) is 21.8 Å². The highest BCUT2D eigenvalue weighted by atomic mass is 16.4. The molecule has 0 saturated heterocycles. The third kappa shape index (κ3) is 3.10. The van der Waals surface area contributed by atoms with Crippen LogP contribution >= 0.6 is 0 Å². The Bertz CT molecular complexity index is 436. The molecule has 0 spiro atoms. The number of hydrogen-bond donors (Lipinski definition) is 2. The van der Waals surface area contributed by atoms with Crippen molar-refractivity contribution >= 4 is 5.97 Å². The Morgan fingerprint density at radius 1 is 1.28 bits per heavy atom. The van der Waals surface area contributed by atoms with Crippen molar-refractivity contribution in [1.29, 1.82) is 0 Å². The summed E-state index contributed by atoms with van der Waals surface area (Å²) >= 11 is 0. The summed E-state index contributed by atoms with van der Waals surface area (Å²) in [6.45, 7) is 3.57. The lowest BCUT2D eigenvalue weighted by atomic mass is 9.90. The van der Waals surface area contributed by atoms with Crippen LogP contribution in [0.1, 0.15) is 44.2 Å². The molecule has 18 heavy (non-hydrogen) atoms. The molecule has 1 saturated carbocycles. The van der Waals surface area contributed by atoms with Crippen LogP contribution in [0.3, 0.4) is 0 Å². The monoisotopic (exact) mass is 248 g/mol. The van der Waals surface area contributed by atoms with E-state index in [2.05, 4.69) is 0 Å². The molecule has 1 aromatic rings. The quantitative estimate of drug-likeness (QED) is 0.841. The summed E-state index contributed by atoms with van der Waals surface area (Å²) in [5, 5.41) is 18.7. The zero-order chi connectivity index (χ0) is 13.4. The first-order valence-electron chi connectivity index (χ1n) is 6.34. The Balaban J connectivity index is 2.11. The lowest BCUT2D eigenvalue weighted by molar-refractivity contribution is -0.137. The van der Waals surface area contributed by atoms with Crippen LogP contribution < -0.4 is 0 Å².